The van der Waals surface area contributed by atoms with E-state index in [1.54, 1.807) is 7.11 Å². The maximum absolute atomic E-state index is 11.5. The quantitative estimate of drug-likeness (QED) is 0.208. The Hall–Kier alpha value is -1.71. The van der Waals surface area contributed by atoms with E-state index in [4.69, 9.17) is 9.47 Å². The van der Waals surface area contributed by atoms with Crippen molar-refractivity contribution in [3.63, 3.8) is 0 Å². The lowest BCUT2D eigenvalue weighted by molar-refractivity contribution is -0.123. The minimum absolute atomic E-state index is 0. The number of nitrogens with zero attached hydrogens (tertiary/aromatic N) is 1. The first-order chi connectivity index (χ1) is 12.1. The van der Waals surface area contributed by atoms with Crippen LogP contribution in [0.1, 0.15) is 20.8 Å². The number of hydrogen-bond donors (Lipinski definition) is 3. The van der Waals surface area contributed by atoms with Crippen molar-refractivity contribution in [2.75, 3.05) is 39.9 Å². The number of rotatable bonds is 10. The molecule has 1 rings (SSSR count). The molecule has 0 aromatic heterocycles. The molecule has 0 bridgehead atoms. The number of carbonyl (C=O) groups excluding carboxylic acids is 1. The molecule has 8 heteroatoms. The Morgan fingerprint density at radius 1 is 1.08 bits per heavy atom. The van der Waals surface area contributed by atoms with Crippen molar-refractivity contribution in [1.29, 1.82) is 0 Å². The maximum Gasteiger partial charge on any atom is 0.222 e. The summed E-state index contributed by atoms with van der Waals surface area (Å²) in [4.78, 5) is 15.9. The van der Waals surface area contributed by atoms with E-state index in [2.05, 4.69) is 20.9 Å². The van der Waals surface area contributed by atoms with Gasteiger partial charge in [0, 0.05) is 19.0 Å². The monoisotopic (exact) mass is 478 g/mol. The number of halogens is 1. The van der Waals surface area contributed by atoms with Crippen LogP contribution in [0.25, 0.3) is 0 Å². The second-order valence-corrected chi connectivity index (χ2v) is 5.66. The molecule has 0 spiro atoms. The fourth-order valence-corrected chi connectivity index (χ4v) is 1.90. The lowest BCUT2D eigenvalue weighted by Gasteiger charge is -2.12. The zero-order valence-corrected chi connectivity index (χ0v) is 18.3. The zero-order valence-electron chi connectivity index (χ0n) is 16.0. The summed E-state index contributed by atoms with van der Waals surface area (Å²) in [5.74, 6) is 2.34. The molecule has 7 nitrogen and oxygen atoms in total. The fraction of sp³-hybridized carbons (Fsp3) is 0.556. The van der Waals surface area contributed by atoms with Crippen molar-refractivity contribution in [1.82, 2.24) is 16.0 Å². The van der Waals surface area contributed by atoms with Gasteiger partial charge >= 0.3 is 0 Å². The first kappa shape index (κ1) is 24.3. The molecule has 148 valence electrons. The molecule has 0 unspecified atom stereocenters. The molecule has 3 N–H and O–H groups in total. The van der Waals surface area contributed by atoms with Gasteiger partial charge in [0.05, 0.1) is 20.2 Å². The van der Waals surface area contributed by atoms with E-state index in [1.165, 1.54) is 0 Å². The summed E-state index contributed by atoms with van der Waals surface area (Å²) < 4.78 is 10.8. The third-order valence-corrected chi connectivity index (χ3v) is 3.27. The average Bonchev–Trinajstić information content (AvgIpc) is 2.62. The van der Waals surface area contributed by atoms with Gasteiger partial charge in [0.25, 0.3) is 0 Å². The number of aliphatic imine (C=N–C) groups is 1. The molecule has 0 aliphatic heterocycles. The molecule has 1 aromatic rings. The van der Waals surface area contributed by atoms with Gasteiger partial charge in [-0.05, 0) is 31.2 Å². The highest BCUT2D eigenvalue weighted by Gasteiger charge is 2.04. The largest absolute Gasteiger partial charge is 0.497 e. The molecule has 0 heterocycles. The maximum atomic E-state index is 11.5. The number of methoxy groups -OCH3 is 1. The van der Waals surface area contributed by atoms with Crippen LogP contribution in [-0.2, 0) is 4.79 Å². The van der Waals surface area contributed by atoms with Crippen LogP contribution in [0.15, 0.2) is 29.3 Å². The lowest BCUT2D eigenvalue weighted by atomic mass is 10.2. The Morgan fingerprint density at radius 2 is 1.73 bits per heavy atom. The van der Waals surface area contributed by atoms with Gasteiger partial charge in [-0.2, -0.15) is 0 Å². The van der Waals surface area contributed by atoms with Crippen LogP contribution in [0.4, 0.5) is 0 Å². The number of guanidine groups is 1. The summed E-state index contributed by atoms with van der Waals surface area (Å²) in [6.45, 7) is 8.69. The smallest absolute Gasteiger partial charge is 0.222 e. The number of benzene rings is 1. The van der Waals surface area contributed by atoms with Gasteiger partial charge in [-0.3, -0.25) is 9.79 Å². The number of carbonyl (C=O) groups is 1. The minimum atomic E-state index is -0.00885. The summed E-state index contributed by atoms with van der Waals surface area (Å²) >= 11 is 0. The van der Waals surface area contributed by atoms with E-state index < -0.39 is 0 Å². The second kappa shape index (κ2) is 14.5. The first-order valence-corrected chi connectivity index (χ1v) is 8.63. The van der Waals surface area contributed by atoms with Gasteiger partial charge in [0.15, 0.2) is 5.96 Å². The van der Waals surface area contributed by atoms with E-state index in [-0.39, 0.29) is 35.8 Å². The molecule has 0 atom stereocenters. The second-order valence-electron chi connectivity index (χ2n) is 5.66. The molecular formula is C18H31IN4O3. The molecule has 0 aliphatic rings. The van der Waals surface area contributed by atoms with Crippen molar-refractivity contribution in [2.45, 2.75) is 20.8 Å². The van der Waals surface area contributed by atoms with Gasteiger partial charge in [-0.25, -0.2) is 0 Å². The number of amides is 1. The highest BCUT2D eigenvalue weighted by molar-refractivity contribution is 14.0. The van der Waals surface area contributed by atoms with Crippen molar-refractivity contribution in [2.24, 2.45) is 10.9 Å². The topological polar surface area (TPSA) is 84.0 Å². The van der Waals surface area contributed by atoms with Crippen LogP contribution in [0.5, 0.6) is 11.5 Å². The van der Waals surface area contributed by atoms with E-state index in [9.17, 15) is 4.79 Å². The molecule has 0 fully saturated rings. The van der Waals surface area contributed by atoms with Gasteiger partial charge in [-0.1, -0.05) is 13.8 Å². The van der Waals surface area contributed by atoms with Crippen LogP contribution in [0.2, 0.25) is 0 Å². The molecule has 26 heavy (non-hydrogen) atoms. The predicted molar refractivity (Wildman–Crippen MR) is 116 cm³/mol. The van der Waals surface area contributed by atoms with Crippen molar-refractivity contribution in [3.8, 4) is 11.5 Å². The molecule has 0 radical (unpaired) electrons. The molecule has 1 amide bonds. The van der Waals surface area contributed by atoms with Crippen molar-refractivity contribution < 1.29 is 14.3 Å². The fourth-order valence-electron chi connectivity index (χ4n) is 1.90. The highest BCUT2D eigenvalue weighted by Crippen LogP contribution is 2.16. The molecule has 1 aromatic carbocycles. The number of ether oxygens (including phenoxy) is 2. The Kier molecular flexibility index (Phi) is 13.5. The van der Waals surface area contributed by atoms with Gasteiger partial charge < -0.3 is 25.4 Å². The SMILES string of the molecule is CCNC(=NCCNC(=O)C(C)C)NCCOc1ccc(OC)cc1.I. The normalized spacial score (nSPS) is 10.7. The molecule has 0 saturated carbocycles. The van der Waals surface area contributed by atoms with Crippen molar-refractivity contribution >= 4 is 35.8 Å². The summed E-state index contributed by atoms with van der Waals surface area (Å²) in [7, 11) is 1.63. The molecule has 0 saturated heterocycles. The molecule has 0 aliphatic carbocycles. The minimum Gasteiger partial charge on any atom is -0.497 e. The molecular weight excluding hydrogens is 447 g/mol. The zero-order chi connectivity index (χ0) is 18.5. The van der Waals surface area contributed by atoms with Gasteiger partial charge in [0.2, 0.25) is 5.91 Å². The number of nitrogens with one attached hydrogen (secondary N) is 3. The van der Waals surface area contributed by atoms with Crippen LogP contribution >= 0.6 is 24.0 Å². The van der Waals surface area contributed by atoms with Crippen LogP contribution < -0.4 is 25.4 Å². The van der Waals surface area contributed by atoms with Crippen LogP contribution in [0.3, 0.4) is 0 Å². The predicted octanol–water partition coefficient (Wildman–Crippen LogP) is 2.02. The summed E-state index contributed by atoms with van der Waals surface area (Å²) in [5, 5.41) is 9.20. The van der Waals surface area contributed by atoms with Gasteiger partial charge in [-0.15, -0.1) is 24.0 Å². The third kappa shape index (κ3) is 10.3. The van der Waals surface area contributed by atoms with E-state index in [0.29, 0.717) is 32.2 Å². The lowest BCUT2D eigenvalue weighted by Crippen LogP contribution is -2.40. The van der Waals surface area contributed by atoms with E-state index >= 15 is 0 Å². The standard InChI is InChI=1S/C18H30N4O3.HI/c1-5-19-18(21-11-10-20-17(23)14(2)3)22-12-13-25-16-8-6-15(24-4)7-9-16;/h6-9,14H,5,10-13H2,1-4H3,(H,20,23)(H2,19,21,22);1H. The summed E-state index contributed by atoms with van der Waals surface area (Å²) in [5.41, 5.74) is 0. The van der Waals surface area contributed by atoms with Gasteiger partial charge in [0.1, 0.15) is 18.1 Å². The average molecular weight is 478 g/mol. The first-order valence-electron chi connectivity index (χ1n) is 8.63. The van der Waals surface area contributed by atoms with E-state index in [1.807, 2.05) is 45.0 Å². The number of hydrogen-bond acceptors (Lipinski definition) is 4. The van der Waals surface area contributed by atoms with Crippen molar-refractivity contribution in [3.05, 3.63) is 24.3 Å². The Bertz CT molecular complexity index is 536. The Balaban J connectivity index is 0.00000625. The third-order valence-electron chi connectivity index (χ3n) is 3.27. The summed E-state index contributed by atoms with van der Waals surface area (Å²) in [6, 6.07) is 7.46. The van der Waals surface area contributed by atoms with E-state index in [0.717, 1.165) is 18.0 Å². The Labute approximate surface area is 173 Å². The van der Waals surface area contributed by atoms with Crippen LogP contribution in [-0.4, -0.2) is 51.8 Å². The Morgan fingerprint density at radius 3 is 2.31 bits per heavy atom. The van der Waals surface area contributed by atoms with Crippen LogP contribution in [0, 0.1) is 5.92 Å². The summed E-state index contributed by atoms with van der Waals surface area (Å²) in [6.07, 6.45) is 0. The highest BCUT2D eigenvalue weighted by atomic mass is 127.